The lowest BCUT2D eigenvalue weighted by molar-refractivity contribution is 0.546. The number of rotatable bonds is 5. The zero-order valence-electron chi connectivity index (χ0n) is 10.9. The van der Waals surface area contributed by atoms with Crippen LogP contribution in [0.15, 0.2) is 42.6 Å². The molecular formula is C15H18ClN3. The second-order valence-corrected chi connectivity index (χ2v) is 4.86. The van der Waals surface area contributed by atoms with Gasteiger partial charge in [0.15, 0.2) is 0 Å². The monoisotopic (exact) mass is 275 g/mol. The maximum atomic E-state index is 6.20. The number of nitrogens with zero attached hydrogens (tertiary/aromatic N) is 1. The van der Waals surface area contributed by atoms with Crippen molar-refractivity contribution in [2.45, 2.75) is 25.8 Å². The minimum atomic E-state index is -0.0336. The van der Waals surface area contributed by atoms with Gasteiger partial charge in [-0.3, -0.25) is 16.3 Å². The molecule has 1 heterocycles. The number of hydrazine groups is 1. The highest BCUT2D eigenvalue weighted by Crippen LogP contribution is 2.24. The number of nitrogens with one attached hydrogen (secondary N) is 1. The molecule has 0 saturated heterocycles. The van der Waals surface area contributed by atoms with Crippen molar-refractivity contribution in [3.05, 3.63) is 64.4 Å². The highest BCUT2D eigenvalue weighted by Gasteiger charge is 2.14. The summed E-state index contributed by atoms with van der Waals surface area (Å²) in [7, 11) is 0. The van der Waals surface area contributed by atoms with Crippen molar-refractivity contribution >= 4 is 11.6 Å². The van der Waals surface area contributed by atoms with Gasteiger partial charge in [0.1, 0.15) is 0 Å². The van der Waals surface area contributed by atoms with E-state index in [0.29, 0.717) is 6.42 Å². The summed E-state index contributed by atoms with van der Waals surface area (Å²) < 4.78 is 0. The van der Waals surface area contributed by atoms with E-state index in [1.165, 1.54) is 5.56 Å². The van der Waals surface area contributed by atoms with Crippen molar-refractivity contribution in [1.82, 2.24) is 10.4 Å². The third-order valence-corrected chi connectivity index (χ3v) is 3.53. The molecule has 0 saturated carbocycles. The fourth-order valence-corrected chi connectivity index (χ4v) is 2.28. The lowest BCUT2D eigenvalue weighted by Crippen LogP contribution is -2.30. The number of pyridine rings is 1. The van der Waals surface area contributed by atoms with E-state index in [0.717, 1.165) is 22.7 Å². The lowest BCUT2D eigenvalue weighted by atomic mass is 10.0. The molecular weight excluding hydrogens is 258 g/mol. The van der Waals surface area contributed by atoms with Gasteiger partial charge in [-0.2, -0.15) is 0 Å². The Morgan fingerprint density at radius 1 is 1.26 bits per heavy atom. The third kappa shape index (κ3) is 3.53. The van der Waals surface area contributed by atoms with E-state index in [1.807, 2.05) is 36.5 Å². The zero-order valence-corrected chi connectivity index (χ0v) is 11.7. The Kier molecular flexibility index (Phi) is 4.91. The first-order chi connectivity index (χ1) is 9.24. The summed E-state index contributed by atoms with van der Waals surface area (Å²) in [4.78, 5) is 4.45. The Balaban J connectivity index is 2.17. The molecule has 0 aliphatic carbocycles. The van der Waals surface area contributed by atoms with Gasteiger partial charge in [-0.05, 0) is 29.7 Å². The first-order valence-corrected chi connectivity index (χ1v) is 6.76. The van der Waals surface area contributed by atoms with Crippen LogP contribution in [-0.2, 0) is 12.8 Å². The molecule has 0 spiro atoms. The molecule has 1 atom stereocenters. The number of aromatic nitrogens is 1. The average molecular weight is 276 g/mol. The van der Waals surface area contributed by atoms with Crippen LogP contribution in [0.25, 0.3) is 0 Å². The van der Waals surface area contributed by atoms with Crippen LogP contribution in [0.1, 0.15) is 29.8 Å². The molecule has 0 aliphatic rings. The Morgan fingerprint density at radius 2 is 2.05 bits per heavy atom. The van der Waals surface area contributed by atoms with E-state index in [9.17, 15) is 0 Å². The SMILES string of the molecule is CCc1ccc(CC(NN)c2ccccc2Cl)nc1. The summed E-state index contributed by atoms with van der Waals surface area (Å²) in [6, 6.07) is 11.8. The van der Waals surface area contributed by atoms with E-state index in [4.69, 9.17) is 17.4 Å². The van der Waals surface area contributed by atoms with Crippen molar-refractivity contribution in [1.29, 1.82) is 0 Å². The van der Waals surface area contributed by atoms with Gasteiger partial charge in [0.25, 0.3) is 0 Å². The van der Waals surface area contributed by atoms with Crippen LogP contribution in [0.4, 0.5) is 0 Å². The van der Waals surface area contributed by atoms with Gasteiger partial charge in [-0.25, -0.2) is 0 Å². The Hall–Kier alpha value is -1.42. The van der Waals surface area contributed by atoms with Crippen LogP contribution in [0.3, 0.4) is 0 Å². The molecule has 4 heteroatoms. The maximum Gasteiger partial charge on any atom is 0.0530 e. The quantitative estimate of drug-likeness (QED) is 0.651. The molecule has 0 bridgehead atoms. The molecule has 0 fully saturated rings. The number of benzene rings is 1. The van der Waals surface area contributed by atoms with E-state index >= 15 is 0 Å². The number of aryl methyl sites for hydroxylation is 1. The van der Waals surface area contributed by atoms with Crippen molar-refractivity contribution in [2.75, 3.05) is 0 Å². The van der Waals surface area contributed by atoms with Crippen LogP contribution in [-0.4, -0.2) is 4.98 Å². The molecule has 1 unspecified atom stereocenters. The maximum absolute atomic E-state index is 6.20. The third-order valence-electron chi connectivity index (χ3n) is 3.19. The number of halogens is 1. The van der Waals surface area contributed by atoms with Crippen molar-refractivity contribution in [2.24, 2.45) is 5.84 Å². The first-order valence-electron chi connectivity index (χ1n) is 6.39. The molecule has 0 aliphatic heterocycles. The van der Waals surface area contributed by atoms with Gasteiger partial charge < -0.3 is 0 Å². The van der Waals surface area contributed by atoms with Gasteiger partial charge in [0.05, 0.1) is 6.04 Å². The average Bonchev–Trinajstić information content (AvgIpc) is 2.46. The fraction of sp³-hybridized carbons (Fsp3) is 0.267. The van der Waals surface area contributed by atoms with E-state index in [2.05, 4.69) is 23.4 Å². The highest BCUT2D eigenvalue weighted by atomic mass is 35.5. The van der Waals surface area contributed by atoms with Crippen LogP contribution in [0.2, 0.25) is 5.02 Å². The molecule has 19 heavy (non-hydrogen) atoms. The molecule has 3 N–H and O–H groups in total. The van der Waals surface area contributed by atoms with Gasteiger partial charge in [-0.15, -0.1) is 0 Å². The summed E-state index contributed by atoms with van der Waals surface area (Å²) >= 11 is 6.20. The van der Waals surface area contributed by atoms with Gasteiger partial charge in [0.2, 0.25) is 0 Å². The zero-order chi connectivity index (χ0) is 13.7. The summed E-state index contributed by atoms with van der Waals surface area (Å²) in [5, 5.41) is 0.718. The lowest BCUT2D eigenvalue weighted by Gasteiger charge is -2.17. The molecule has 1 aromatic carbocycles. The fourth-order valence-electron chi connectivity index (χ4n) is 2.01. The first kappa shape index (κ1) is 14.0. The predicted molar refractivity (Wildman–Crippen MR) is 78.8 cm³/mol. The topological polar surface area (TPSA) is 50.9 Å². The minimum Gasteiger partial charge on any atom is -0.271 e. The van der Waals surface area contributed by atoms with Gasteiger partial charge in [-0.1, -0.05) is 42.8 Å². The van der Waals surface area contributed by atoms with Crippen LogP contribution in [0, 0.1) is 0 Å². The molecule has 100 valence electrons. The number of hydrogen-bond donors (Lipinski definition) is 2. The standard InChI is InChI=1S/C15H18ClN3/c1-2-11-7-8-12(18-10-11)9-15(19-17)13-5-3-4-6-14(13)16/h3-8,10,15,19H,2,9,17H2,1H3. The Morgan fingerprint density at radius 3 is 2.63 bits per heavy atom. The molecule has 3 nitrogen and oxygen atoms in total. The van der Waals surface area contributed by atoms with E-state index < -0.39 is 0 Å². The van der Waals surface area contributed by atoms with Crippen LogP contribution < -0.4 is 11.3 Å². The summed E-state index contributed by atoms with van der Waals surface area (Å²) in [6.45, 7) is 2.12. The van der Waals surface area contributed by atoms with Gasteiger partial charge in [0, 0.05) is 23.3 Å². The molecule has 2 rings (SSSR count). The predicted octanol–water partition coefficient (Wildman–Crippen LogP) is 3.04. The number of nitrogens with two attached hydrogens (primary N) is 1. The van der Waals surface area contributed by atoms with Crippen molar-refractivity contribution in [3.63, 3.8) is 0 Å². The highest BCUT2D eigenvalue weighted by molar-refractivity contribution is 6.31. The summed E-state index contributed by atoms with van der Waals surface area (Å²) in [5.41, 5.74) is 6.04. The second kappa shape index (κ2) is 6.66. The van der Waals surface area contributed by atoms with Crippen molar-refractivity contribution < 1.29 is 0 Å². The van der Waals surface area contributed by atoms with Crippen LogP contribution in [0.5, 0.6) is 0 Å². The molecule has 0 radical (unpaired) electrons. The normalized spacial score (nSPS) is 12.4. The van der Waals surface area contributed by atoms with E-state index in [-0.39, 0.29) is 6.04 Å². The molecule has 0 amide bonds. The largest absolute Gasteiger partial charge is 0.271 e. The van der Waals surface area contributed by atoms with E-state index in [1.54, 1.807) is 0 Å². The molecule has 2 aromatic rings. The minimum absolute atomic E-state index is 0.0336. The Bertz CT molecular complexity index is 525. The summed E-state index contributed by atoms with van der Waals surface area (Å²) in [5.74, 6) is 5.64. The van der Waals surface area contributed by atoms with Gasteiger partial charge >= 0.3 is 0 Å². The smallest absolute Gasteiger partial charge is 0.0530 e. The molecule has 1 aromatic heterocycles. The van der Waals surface area contributed by atoms with Crippen LogP contribution >= 0.6 is 11.6 Å². The Labute approximate surface area is 118 Å². The summed E-state index contributed by atoms with van der Waals surface area (Å²) in [6.07, 6.45) is 3.62. The number of hydrogen-bond acceptors (Lipinski definition) is 3. The second-order valence-electron chi connectivity index (χ2n) is 4.46. The van der Waals surface area contributed by atoms with Crippen molar-refractivity contribution in [3.8, 4) is 0 Å².